The molecule has 0 heterocycles. The van der Waals surface area contributed by atoms with E-state index in [2.05, 4.69) is 0 Å². The third-order valence-corrected chi connectivity index (χ3v) is 2.77. The van der Waals surface area contributed by atoms with Crippen molar-refractivity contribution in [2.45, 2.75) is 39.8 Å². The number of benzene rings is 1. The van der Waals surface area contributed by atoms with Gasteiger partial charge in [0.2, 0.25) is 0 Å². The second-order valence-electron chi connectivity index (χ2n) is 5.34. The van der Waals surface area contributed by atoms with Gasteiger partial charge in [0.25, 0.3) is 0 Å². The highest BCUT2D eigenvalue weighted by Gasteiger charge is 2.30. The largest absolute Gasteiger partial charge is 0.488 e. The summed E-state index contributed by atoms with van der Waals surface area (Å²) in [5.41, 5.74) is 5.80. The molecular weight excluding hydrogens is 241 g/mol. The average Bonchev–Trinajstić information content (AvgIpc) is 2.17. The number of hydrogen-bond acceptors (Lipinski definition) is 2. The van der Waals surface area contributed by atoms with Crippen molar-refractivity contribution < 1.29 is 9.13 Å². The van der Waals surface area contributed by atoms with Crippen molar-refractivity contribution in [2.75, 3.05) is 0 Å². The summed E-state index contributed by atoms with van der Waals surface area (Å²) in [5, 5.41) is 0.0554. The first kappa shape index (κ1) is 14.3. The first-order valence-corrected chi connectivity index (χ1v) is 5.97. The molecule has 0 aromatic heterocycles. The zero-order chi connectivity index (χ0) is 13.2. The van der Waals surface area contributed by atoms with E-state index in [0.29, 0.717) is 5.75 Å². The van der Waals surface area contributed by atoms with Gasteiger partial charge in [-0.05, 0) is 19.1 Å². The minimum absolute atomic E-state index is 0.0554. The van der Waals surface area contributed by atoms with Gasteiger partial charge in [-0.2, -0.15) is 0 Å². The van der Waals surface area contributed by atoms with E-state index in [1.54, 1.807) is 6.07 Å². The van der Waals surface area contributed by atoms with Crippen LogP contribution in [0.2, 0.25) is 5.02 Å². The van der Waals surface area contributed by atoms with Crippen LogP contribution in [0.4, 0.5) is 4.39 Å². The van der Waals surface area contributed by atoms with E-state index in [4.69, 9.17) is 22.1 Å². The van der Waals surface area contributed by atoms with Crippen molar-refractivity contribution in [3.63, 3.8) is 0 Å². The number of halogens is 2. The van der Waals surface area contributed by atoms with E-state index >= 15 is 0 Å². The van der Waals surface area contributed by atoms with Crippen molar-refractivity contribution in [1.82, 2.24) is 0 Å². The minimum atomic E-state index is -0.452. The molecule has 96 valence electrons. The van der Waals surface area contributed by atoms with Gasteiger partial charge in [0, 0.05) is 17.5 Å². The highest BCUT2D eigenvalue weighted by molar-refractivity contribution is 6.30. The molecule has 1 rings (SSSR count). The number of nitrogens with two attached hydrogens (primary N) is 1. The number of rotatable bonds is 3. The van der Waals surface area contributed by atoms with Crippen molar-refractivity contribution >= 4 is 11.6 Å². The quantitative estimate of drug-likeness (QED) is 0.900. The Labute approximate surface area is 107 Å². The molecule has 1 aromatic rings. The Morgan fingerprint density at radius 3 is 2.35 bits per heavy atom. The molecule has 0 spiro atoms. The van der Waals surface area contributed by atoms with Crippen LogP contribution in [0, 0.1) is 11.2 Å². The number of ether oxygens (including phenoxy) is 1. The standard InChI is InChI=1S/C13H19ClFNO/c1-8(16)12(13(2,3)4)17-9-5-6-11(15)10(14)7-9/h5-8,12H,16H2,1-4H3. The normalized spacial score (nSPS) is 15.5. The van der Waals surface area contributed by atoms with Crippen LogP contribution >= 0.6 is 11.6 Å². The van der Waals surface area contributed by atoms with Crippen LogP contribution in [0.15, 0.2) is 18.2 Å². The molecule has 0 saturated carbocycles. The molecule has 0 radical (unpaired) electrons. The van der Waals surface area contributed by atoms with Gasteiger partial charge in [-0.15, -0.1) is 0 Å². The zero-order valence-electron chi connectivity index (χ0n) is 10.6. The Balaban J connectivity index is 2.91. The fraction of sp³-hybridized carbons (Fsp3) is 0.538. The van der Waals surface area contributed by atoms with Crippen molar-refractivity contribution in [3.05, 3.63) is 29.0 Å². The van der Waals surface area contributed by atoms with Crippen molar-refractivity contribution in [1.29, 1.82) is 0 Å². The van der Waals surface area contributed by atoms with Crippen LogP contribution in [-0.2, 0) is 0 Å². The Morgan fingerprint density at radius 1 is 1.35 bits per heavy atom. The first-order chi connectivity index (χ1) is 7.71. The molecule has 0 fully saturated rings. The summed E-state index contributed by atoms with van der Waals surface area (Å²) in [5.74, 6) is 0.0840. The van der Waals surface area contributed by atoms with Gasteiger partial charge in [-0.25, -0.2) is 4.39 Å². The monoisotopic (exact) mass is 259 g/mol. The van der Waals surface area contributed by atoms with Crippen molar-refractivity contribution in [2.24, 2.45) is 11.1 Å². The van der Waals surface area contributed by atoms with Crippen LogP contribution in [-0.4, -0.2) is 12.1 Å². The van der Waals surface area contributed by atoms with Crippen LogP contribution in [0.1, 0.15) is 27.7 Å². The molecule has 0 saturated heterocycles. The molecule has 1 aromatic carbocycles. The molecular formula is C13H19ClFNO. The van der Waals surface area contributed by atoms with Crippen LogP contribution in [0.5, 0.6) is 5.75 Å². The lowest BCUT2D eigenvalue weighted by molar-refractivity contribution is 0.0684. The molecule has 0 aliphatic heterocycles. The van der Waals surface area contributed by atoms with E-state index in [1.165, 1.54) is 12.1 Å². The average molecular weight is 260 g/mol. The maximum Gasteiger partial charge on any atom is 0.142 e. The van der Waals surface area contributed by atoms with E-state index in [0.717, 1.165) is 0 Å². The van der Waals surface area contributed by atoms with Crippen LogP contribution in [0.3, 0.4) is 0 Å². The molecule has 17 heavy (non-hydrogen) atoms. The topological polar surface area (TPSA) is 35.2 Å². The minimum Gasteiger partial charge on any atom is -0.488 e. The summed E-state index contributed by atoms with van der Waals surface area (Å²) in [7, 11) is 0. The third-order valence-electron chi connectivity index (χ3n) is 2.49. The highest BCUT2D eigenvalue weighted by Crippen LogP contribution is 2.28. The summed E-state index contributed by atoms with van der Waals surface area (Å²) in [6.45, 7) is 8.03. The van der Waals surface area contributed by atoms with Crippen LogP contribution < -0.4 is 10.5 Å². The maximum atomic E-state index is 13.0. The van der Waals surface area contributed by atoms with Gasteiger partial charge in [-0.1, -0.05) is 32.4 Å². The van der Waals surface area contributed by atoms with Gasteiger partial charge in [0.05, 0.1) is 5.02 Å². The second kappa shape index (κ2) is 5.23. The van der Waals surface area contributed by atoms with Crippen LogP contribution in [0.25, 0.3) is 0 Å². The lowest BCUT2D eigenvalue weighted by Crippen LogP contribution is -2.45. The molecule has 2 N–H and O–H groups in total. The molecule has 0 bridgehead atoms. The zero-order valence-corrected chi connectivity index (χ0v) is 11.4. The molecule has 0 aliphatic carbocycles. The fourth-order valence-corrected chi connectivity index (χ4v) is 1.94. The predicted octanol–water partition coefficient (Wildman–Crippen LogP) is 3.62. The van der Waals surface area contributed by atoms with Crippen molar-refractivity contribution in [3.8, 4) is 5.75 Å². The highest BCUT2D eigenvalue weighted by atomic mass is 35.5. The fourth-order valence-electron chi connectivity index (χ4n) is 1.77. The molecule has 2 atom stereocenters. The molecule has 2 unspecified atom stereocenters. The SMILES string of the molecule is CC(N)C(Oc1ccc(F)c(Cl)c1)C(C)(C)C. The Bertz CT molecular complexity index is 387. The predicted molar refractivity (Wildman–Crippen MR) is 68.9 cm³/mol. The summed E-state index contributed by atoms with van der Waals surface area (Å²) in [6.07, 6.45) is -0.163. The van der Waals surface area contributed by atoms with Gasteiger partial charge in [0.15, 0.2) is 0 Å². The van der Waals surface area contributed by atoms with E-state index in [1.807, 2.05) is 27.7 Å². The van der Waals surface area contributed by atoms with Gasteiger partial charge >= 0.3 is 0 Å². The van der Waals surface area contributed by atoms with E-state index in [-0.39, 0.29) is 22.6 Å². The lowest BCUT2D eigenvalue weighted by atomic mass is 9.85. The summed E-state index contributed by atoms with van der Waals surface area (Å²) in [4.78, 5) is 0. The van der Waals surface area contributed by atoms with Gasteiger partial charge in [-0.3, -0.25) is 0 Å². The third kappa shape index (κ3) is 3.86. The summed E-state index contributed by atoms with van der Waals surface area (Å²) in [6, 6.07) is 4.19. The van der Waals surface area contributed by atoms with E-state index in [9.17, 15) is 4.39 Å². The Hall–Kier alpha value is -0.800. The van der Waals surface area contributed by atoms with Gasteiger partial charge < -0.3 is 10.5 Å². The maximum absolute atomic E-state index is 13.0. The second-order valence-corrected chi connectivity index (χ2v) is 5.75. The summed E-state index contributed by atoms with van der Waals surface area (Å²) < 4.78 is 18.8. The molecule has 2 nitrogen and oxygen atoms in total. The molecule has 0 aliphatic rings. The van der Waals surface area contributed by atoms with E-state index < -0.39 is 5.82 Å². The summed E-state index contributed by atoms with van der Waals surface area (Å²) >= 11 is 5.70. The number of hydrogen-bond donors (Lipinski definition) is 1. The Morgan fingerprint density at radius 2 is 1.94 bits per heavy atom. The van der Waals surface area contributed by atoms with Gasteiger partial charge in [0.1, 0.15) is 17.7 Å². The molecule has 0 amide bonds. The first-order valence-electron chi connectivity index (χ1n) is 5.59. The lowest BCUT2D eigenvalue weighted by Gasteiger charge is -2.34. The smallest absolute Gasteiger partial charge is 0.142 e. The Kier molecular flexibility index (Phi) is 4.39. The molecule has 4 heteroatoms.